The Bertz CT molecular complexity index is 546. The molecule has 2 aromatic carbocycles. The number of fused-ring (bicyclic) bond motifs is 1. The van der Waals surface area contributed by atoms with Crippen LogP contribution in [0.1, 0.15) is 27.7 Å². The predicted octanol–water partition coefficient (Wildman–Crippen LogP) is 6.62. The lowest BCUT2D eigenvalue weighted by Crippen LogP contribution is -1.67. The second-order valence-electron chi connectivity index (χ2n) is 3.51. The van der Waals surface area contributed by atoms with Gasteiger partial charge in [-0.15, -0.1) is 11.3 Å². The van der Waals surface area contributed by atoms with E-state index in [1.54, 1.807) is 0 Å². The summed E-state index contributed by atoms with van der Waals surface area (Å²) in [6.45, 7) is 8.00. The van der Waals surface area contributed by atoms with Crippen LogP contribution in [0.5, 0.6) is 0 Å². The minimum absolute atomic E-state index is 1.30. The molecular formula is C18H22S. The Morgan fingerprint density at radius 2 is 1.26 bits per heavy atom. The number of hydrogen-bond acceptors (Lipinski definition) is 1. The van der Waals surface area contributed by atoms with Gasteiger partial charge in [-0.1, -0.05) is 76.2 Å². The van der Waals surface area contributed by atoms with Crippen LogP contribution >= 0.6 is 11.3 Å². The normalized spacial score (nSPS) is 9.05. The molecule has 0 aliphatic carbocycles. The van der Waals surface area contributed by atoms with Crippen molar-refractivity contribution < 1.29 is 0 Å². The van der Waals surface area contributed by atoms with E-state index in [-0.39, 0.29) is 0 Å². The lowest BCUT2D eigenvalue weighted by molar-refractivity contribution is 1.50. The van der Waals surface area contributed by atoms with Crippen molar-refractivity contribution in [2.24, 2.45) is 0 Å². The molecule has 0 N–H and O–H groups in total. The van der Waals surface area contributed by atoms with Gasteiger partial charge in [0.1, 0.15) is 0 Å². The molecule has 3 rings (SSSR count). The van der Waals surface area contributed by atoms with Gasteiger partial charge in [0.05, 0.1) is 0 Å². The van der Waals surface area contributed by atoms with Gasteiger partial charge in [-0.2, -0.15) is 0 Å². The average molecular weight is 270 g/mol. The molecule has 0 saturated heterocycles. The second kappa shape index (κ2) is 8.49. The second-order valence-corrected chi connectivity index (χ2v) is 4.60. The quantitative estimate of drug-likeness (QED) is 0.466. The predicted molar refractivity (Wildman–Crippen MR) is 90.0 cm³/mol. The van der Waals surface area contributed by atoms with Crippen LogP contribution in [0.3, 0.4) is 0 Å². The fourth-order valence-corrected chi connectivity index (χ4v) is 2.79. The third kappa shape index (κ3) is 3.93. The molecule has 0 bridgehead atoms. The highest BCUT2D eigenvalue weighted by atomic mass is 32.1. The Hall–Kier alpha value is -1.60. The summed E-state index contributed by atoms with van der Waals surface area (Å²) in [6.07, 6.45) is 0. The first-order chi connectivity index (χ1) is 9.43. The molecule has 1 aromatic heterocycles. The van der Waals surface area contributed by atoms with Crippen molar-refractivity contribution in [2.75, 3.05) is 0 Å². The molecule has 0 saturated carbocycles. The maximum atomic E-state index is 2.26. The highest BCUT2D eigenvalue weighted by Gasteiger charge is 2.02. The summed E-state index contributed by atoms with van der Waals surface area (Å²) in [5.41, 5.74) is 1.30. The number of hydrogen-bond donors (Lipinski definition) is 0. The van der Waals surface area contributed by atoms with E-state index in [2.05, 4.69) is 60.7 Å². The van der Waals surface area contributed by atoms with Crippen LogP contribution in [0.25, 0.3) is 20.5 Å². The van der Waals surface area contributed by atoms with Crippen LogP contribution in [-0.2, 0) is 0 Å². The Labute approximate surface area is 120 Å². The van der Waals surface area contributed by atoms with Gasteiger partial charge in [-0.25, -0.2) is 0 Å². The Balaban J connectivity index is 0.000000415. The van der Waals surface area contributed by atoms with Crippen molar-refractivity contribution in [2.45, 2.75) is 27.7 Å². The first-order valence-electron chi connectivity index (χ1n) is 6.97. The van der Waals surface area contributed by atoms with Crippen LogP contribution in [0.2, 0.25) is 0 Å². The third-order valence-corrected chi connectivity index (χ3v) is 3.65. The van der Waals surface area contributed by atoms with Crippen molar-refractivity contribution in [1.82, 2.24) is 0 Å². The van der Waals surface area contributed by atoms with E-state index in [4.69, 9.17) is 0 Å². The molecule has 0 amide bonds. The summed E-state index contributed by atoms with van der Waals surface area (Å²) >= 11 is 1.85. The molecule has 100 valence electrons. The van der Waals surface area contributed by atoms with Gasteiger partial charge in [0, 0.05) is 9.58 Å². The van der Waals surface area contributed by atoms with E-state index in [1.165, 1.54) is 20.5 Å². The largest absolute Gasteiger partial charge is 0.135 e. The van der Waals surface area contributed by atoms with Crippen LogP contribution < -0.4 is 0 Å². The number of benzene rings is 2. The first-order valence-corrected chi connectivity index (χ1v) is 7.79. The SMILES string of the molecule is CC.CC.c1ccc(-c2cc3ccccc3s2)cc1. The van der Waals surface area contributed by atoms with Gasteiger partial charge in [0.15, 0.2) is 0 Å². The van der Waals surface area contributed by atoms with Gasteiger partial charge in [0.25, 0.3) is 0 Å². The molecule has 0 nitrogen and oxygen atoms in total. The molecule has 3 aromatic rings. The van der Waals surface area contributed by atoms with Crippen LogP contribution in [-0.4, -0.2) is 0 Å². The molecular weight excluding hydrogens is 248 g/mol. The van der Waals surface area contributed by atoms with Gasteiger partial charge in [-0.05, 0) is 23.1 Å². The summed E-state index contributed by atoms with van der Waals surface area (Å²) in [5.74, 6) is 0. The van der Waals surface area contributed by atoms with Crippen LogP contribution in [0.4, 0.5) is 0 Å². The van der Waals surface area contributed by atoms with Crippen molar-refractivity contribution in [3.05, 3.63) is 60.7 Å². The summed E-state index contributed by atoms with van der Waals surface area (Å²) in [5, 5.41) is 1.33. The minimum atomic E-state index is 1.30. The van der Waals surface area contributed by atoms with E-state index in [0.717, 1.165) is 0 Å². The molecule has 0 spiro atoms. The fraction of sp³-hybridized carbons (Fsp3) is 0.222. The smallest absolute Gasteiger partial charge is 0.0355 e. The van der Waals surface area contributed by atoms with E-state index in [1.807, 2.05) is 39.0 Å². The molecule has 0 atom stereocenters. The highest BCUT2D eigenvalue weighted by molar-refractivity contribution is 7.22. The van der Waals surface area contributed by atoms with Crippen LogP contribution in [0, 0.1) is 0 Å². The minimum Gasteiger partial charge on any atom is -0.135 e. The topological polar surface area (TPSA) is 0 Å². The summed E-state index contributed by atoms with van der Waals surface area (Å²) in [4.78, 5) is 1.34. The van der Waals surface area contributed by atoms with Gasteiger partial charge < -0.3 is 0 Å². The monoisotopic (exact) mass is 270 g/mol. The third-order valence-electron chi connectivity index (χ3n) is 2.48. The Morgan fingerprint density at radius 3 is 1.89 bits per heavy atom. The van der Waals surface area contributed by atoms with Gasteiger partial charge >= 0.3 is 0 Å². The Morgan fingerprint density at radius 1 is 0.684 bits per heavy atom. The number of rotatable bonds is 1. The molecule has 0 unspecified atom stereocenters. The molecule has 0 aliphatic rings. The standard InChI is InChI=1S/C14H10S.2C2H6/c1-2-6-11(7-3-1)14-10-12-8-4-5-9-13(12)15-14;2*1-2/h1-10H;2*1-2H3. The zero-order valence-electron chi connectivity index (χ0n) is 12.2. The number of thiophene rings is 1. The van der Waals surface area contributed by atoms with Crippen molar-refractivity contribution in [3.63, 3.8) is 0 Å². The lowest BCUT2D eigenvalue weighted by atomic mass is 10.2. The van der Waals surface area contributed by atoms with Crippen molar-refractivity contribution in [1.29, 1.82) is 0 Å². The van der Waals surface area contributed by atoms with E-state index in [9.17, 15) is 0 Å². The summed E-state index contributed by atoms with van der Waals surface area (Å²) in [6, 6.07) is 21.3. The molecule has 0 aliphatic heterocycles. The maximum Gasteiger partial charge on any atom is 0.0355 e. The van der Waals surface area contributed by atoms with Gasteiger partial charge in [0.2, 0.25) is 0 Å². The van der Waals surface area contributed by atoms with Crippen molar-refractivity contribution in [3.8, 4) is 10.4 Å². The van der Waals surface area contributed by atoms with Crippen LogP contribution in [0.15, 0.2) is 60.7 Å². The molecule has 1 heterocycles. The summed E-state index contributed by atoms with van der Waals surface area (Å²) in [7, 11) is 0. The molecule has 19 heavy (non-hydrogen) atoms. The molecule has 1 heteroatoms. The fourth-order valence-electron chi connectivity index (χ4n) is 1.73. The van der Waals surface area contributed by atoms with E-state index < -0.39 is 0 Å². The average Bonchev–Trinajstić information content (AvgIpc) is 2.96. The van der Waals surface area contributed by atoms with Crippen molar-refractivity contribution >= 4 is 21.4 Å². The molecule has 0 fully saturated rings. The maximum absolute atomic E-state index is 2.26. The van der Waals surface area contributed by atoms with Gasteiger partial charge in [-0.3, -0.25) is 0 Å². The first kappa shape index (κ1) is 15.5. The van der Waals surface area contributed by atoms with E-state index in [0.29, 0.717) is 0 Å². The summed E-state index contributed by atoms with van der Waals surface area (Å²) < 4.78 is 1.36. The zero-order valence-corrected chi connectivity index (χ0v) is 13.0. The lowest BCUT2D eigenvalue weighted by Gasteiger charge is -1.93. The Kier molecular flexibility index (Phi) is 6.91. The zero-order chi connectivity index (χ0) is 14.1. The van der Waals surface area contributed by atoms with E-state index >= 15 is 0 Å². The highest BCUT2D eigenvalue weighted by Crippen LogP contribution is 2.32. The molecule has 0 radical (unpaired) electrons.